The molecular formula is C13H19N3O2. The van der Waals surface area contributed by atoms with E-state index < -0.39 is 0 Å². The van der Waals surface area contributed by atoms with Crippen LogP contribution in [0.3, 0.4) is 0 Å². The lowest BCUT2D eigenvalue weighted by Crippen LogP contribution is -2.25. The van der Waals surface area contributed by atoms with Crippen molar-refractivity contribution in [1.29, 1.82) is 0 Å². The van der Waals surface area contributed by atoms with Gasteiger partial charge in [-0.1, -0.05) is 6.92 Å². The van der Waals surface area contributed by atoms with Crippen molar-refractivity contribution < 1.29 is 9.47 Å². The van der Waals surface area contributed by atoms with E-state index in [-0.39, 0.29) is 6.04 Å². The summed E-state index contributed by atoms with van der Waals surface area (Å²) in [5, 5.41) is 3.44. The smallest absolute Gasteiger partial charge is 0.216 e. The van der Waals surface area contributed by atoms with Crippen molar-refractivity contribution in [2.75, 3.05) is 20.3 Å². The molecule has 0 aliphatic carbocycles. The Balaban J connectivity index is 2.20. The van der Waals surface area contributed by atoms with Gasteiger partial charge in [-0.3, -0.25) is 0 Å². The summed E-state index contributed by atoms with van der Waals surface area (Å²) < 4.78 is 10.8. The third-order valence-corrected chi connectivity index (χ3v) is 2.78. The van der Waals surface area contributed by atoms with E-state index in [1.807, 2.05) is 6.07 Å². The first-order valence-corrected chi connectivity index (χ1v) is 6.27. The average molecular weight is 249 g/mol. The Morgan fingerprint density at radius 3 is 3.06 bits per heavy atom. The van der Waals surface area contributed by atoms with Gasteiger partial charge in [0.2, 0.25) is 5.88 Å². The molecule has 0 saturated heterocycles. The zero-order valence-corrected chi connectivity index (χ0v) is 10.8. The zero-order valence-electron chi connectivity index (χ0n) is 10.8. The lowest BCUT2D eigenvalue weighted by Gasteiger charge is -2.19. The van der Waals surface area contributed by atoms with Gasteiger partial charge in [-0.2, -0.15) is 0 Å². The van der Waals surface area contributed by atoms with E-state index in [0.717, 1.165) is 37.4 Å². The van der Waals surface area contributed by atoms with Crippen LogP contribution in [0.4, 0.5) is 0 Å². The molecule has 5 nitrogen and oxygen atoms in total. The second kappa shape index (κ2) is 6.35. The van der Waals surface area contributed by atoms with Crippen molar-refractivity contribution in [3.05, 3.63) is 29.9 Å². The van der Waals surface area contributed by atoms with Crippen LogP contribution in [0, 0.1) is 0 Å². The van der Waals surface area contributed by atoms with Gasteiger partial charge in [-0.05, 0) is 19.0 Å². The maximum Gasteiger partial charge on any atom is 0.216 e. The molecule has 0 amide bonds. The first kappa shape index (κ1) is 12.8. The van der Waals surface area contributed by atoms with E-state index in [1.54, 1.807) is 7.11 Å². The molecular weight excluding hydrogens is 230 g/mol. The van der Waals surface area contributed by atoms with E-state index in [1.165, 1.54) is 6.33 Å². The molecule has 5 heteroatoms. The number of nitrogens with one attached hydrogen (secondary N) is 1. The zero-order chi connectivity index (χ0) is 12.8. The van der Waals surface area contributed by atoms with Gasteiger partial charge in [0.25, 0.3) is 0 Å². The van der Waals surface area contributed by atoms with E-state index in [0.29, 0.717) is 5.88 Å². The Hall–Kier alpha value is -1.62. The van der Waals surface area contributed by atoms with Gasteiger partial charge in [0.1, 0.15) is 18.1 Å². The molecule has 0 aromatic carbocycles. The molecule has 2 rings (SSSR count). The maximum atomic E-state index is 5.64. The molecule has 1 aliphatic rings. The summed E-state index contributed by atoms with van der Waals surface area (Å²) in [7, 11) is 1.60. The summed E-state index contributed by atoms with van der Waals surface area (Å²) in [5.74, 6) is 1.52. The first-order chi connectivity index (χ1) is 8.85. The van der Waals surface area contributed by atoms with Crippen molar-refractivity contribution in [2.45, 2.75) is 25.8 Å². The fourth-order valence-electron chi connectivity index (χ4n) is 1.90. The minimum Gasteiger partial charge on any atom is -0.496 e. The van der Waals surface area contributed by atoms with Crippen molar-refractivity contribution in [2.24, 2.45) is 0 Å². The molecule has 0 radical (unpaired) electrons. The predicted octanol–water partition coefficient (Wildman–Crippen LogP) is 1.83. The summed E-state index contributed by atoms with van der Waals surface area (Å²) in [5.41, 5.74) is 0.878. The van der Waals surface area contributed by atoms with Gasteiger partial charge < -0.3 is 14.8 Å². The maximum absolute atomic E-state index is 5.64. The molecule has 1 aliphatic heterocycles. The molecule has 1 aromatic rings. The van der Waals surface area contributed by atoms with E-state index in [4.69, 9.17) is 9.47 Å². The monoisotopic (exact) mass is 249 g/mol. The first-order valence-electron chi connectivity index (χ1n) is 6.27. The largest absolute Gasteiger partial charge is 0.496 e. The second-order valence-corrected chi connectivity index (χ2v) is 4.12. The Morgan fingerprint density at radius 1 is 1.50 bits per heavy atom. The molecule has 1 aromatic heterocycles. The van der Waals surface area contributed by atoms with Crippen LogP contribution in [0.2, 0.25) is 0 Å². The number of nitrogens with zero attached hydrogens (tertiary/aromatic N) is 2. The Bertz CT molecular complexity index is 420. The minimum atomic E-state index is -0.00986. The molecule has 2 heterocycles. The molecule has 1 atom stereocenters. The third-order valence-electron chi connectivity index (χ3n) is 2.78. The summed E-state index contributed by atoms with van der Waals surface area (Å²) in [6.45, 7) is 3.80. The Kier molecular flexibility index (Phi) is 4.52. The molecule has 1 N–H and O–H groups in total. The van der Waals surface area contributed by atoms with Crippen LogP contribution in [-0.2, 0) is 4.74 Å². The van der Waals surface area contributed by atoms with Gasteiger partial charge in [0.15, 0.2) is 0 Å². The standard InChI is InChI=1S/C13H19N3O2/c1-3-6-14-13(11-5-4-7-18-11)10-8-12(17-2)16-9-15-10/h5,8-9,13-14H,3-4,6-7H2,1-2H3. The van der Waals surface area contributed by atoms with Gasteiger partial charge in [0, 0.05) is 12.5 Å². The van der Waals surface area contributed by atoms with Crippen LogP contribution in [0.15, 0.2) is 24.2 Å². The highest BCUT2D eigenvalue weighted by Crippen LogP contribution is 2.26. The predicted molar refractivity (Wildman–Crippen MR) is 68.3 cm³/mol. The number of ether oxygens (including phenoxy) is 2. The number of rotatable bonds is 6. The van der Waals surface area contributed by atoms with Crippen LogP contribution in [0.1, 0.15) is 31.5 Å². The van der Waals surface area contributed by atoms with Gasteiger partial charge >= 0.3 is 0 Å². The van der Waals surface area contributed by atoms with Crippen molar-refractivity contribution in [3.8, 4) is 5.88 Å². The lowest BCUT2D eigenvalue weighted by atomic mass is 10.1. The highest BCUT2D eigenvalue weighted by Gasteiger charge is 2.22. The fraction of sp³-hybridized carbons (Fsp3) is 0.538. The summed E-state index contributed by atoms with van der Waals surface area (Å²) >= 11 is 0. The fourth-order valence-corrected chi connectivity index (χ4v) is 1.90. The number of aromatic nitrogens is 2. The van der Waals surface area contributed by atoms with Crippen LogP contribution < -0.4 is 10.1 Å². The average Bonchev–Trinajstić information content (AvgIpc) is 2.93. The van der Waals surface area contributed by atoms with E-state index in [9.17, 15) is 0 Å². The van der Waals surface area contributed by atoms with Gasteiger partial charge in [-0.15, -0.1) is 0 Å². The van der Waals surface area contributed by atoms with Crippen LogP contribution in [0.25, 0.3) is 0 Å². The van der Waals surface area contributed by atoms with Crippen molar-refractivity contribution in [1.82, 2.24) is 15.3 Å². The van der Waals surface area contributed by atoms with Gasteiger partial charge in [0.05, 0.1) is 19.4 Å². The molecule has 0 bridgehead atoms. The summed E-state index contributed by atoms with van der Waals surface area (Å²) in [6, 6.07) is 1.83. The molecule has 98 valence electrons. The quantitative estimate of drug-likeness (QED) is 0.833. The SMILES string of the molecule is CCCNC(C1=CCCO1)c1cc(OC)ncn1. The molecule has 0 saturated carbocycles. The summed E-state index contributed by atoms with van der Waals surface area (Å²) in [4.78, 5) is 8.34. The van der Waals surface area contributed by atoms with Crippen molar-refractivity contribution >= 4 is 0 Å². The molecule has 0 spiro atoms. The van der Waals surface area contributed by atoms with Crippen molar-refractivity contribution in [3.63, 3.8) is 0 Å². The number of methoxy groups -OCH3 is 1. The highest BCUT2D eigenvalue weighted by molar-refractivity contribution is 5.24. The molecule has 18 heavy (non-hydrogen) atoms. The van der Waals surface area contributed by atoms with Crippen LogP contribution in [0.5, 0.6) is 5.88 Å². The summed E-state index contributed by atoms with van der Waals surface area (Å²) in [6.07, 6.45) is 5.65. The molecule has 1 unspecified atom stereocenters. The Morgan fingerprint density at radius 2 is 2.39 bits per heavy atom. The highest BCUT2D eigenvalue weighted by atomic mass is 16.5. The number of hydrogen-bond donors (Lipinski definition) is 1. The minimum absolute atomic E-state index is 0.00986. The topological polar surface area (TPSA) is 56.3 Å². The third kappa shape index (κ3) is 2.98. The lowest BCUT2D eigenvalue weighted by molar-refractivity contribution is 0.214. The normalized spacial score (nSPS) is 16.0. The Labute approximate surface area is 107 Å². The molecule has 0 fully saturated rings. The van der Waals surface area contributed by atoms with Crippen LogP contribution in [-0.4, -0.2) is 30.2 Å². The van der Waals surface area contributed by atoms with Crippen LogP contribution >= 0.6 is 0 Å². The van der Waals surface area contributed by atoms with E-state index >= 15 is 0 Å². The van der Waals surface area contributed by atoms with E-state index in [2.05, 4.69) is 28.3 Å². The second-order valence-electron chi connectivity index (χ2n) is 4.12. The van der Waals surface area contributed by atoms with Gasteiger partial charge in [-0.25, -0.2) is 9.97 Å². The number of hydrogen-bond acceptors (Lipinski definition) is 5.